The molecule has 1 aliphatic heterocycles. The molecule has 3 N–H and O–H groups in total. The number of anilines is 1. The Bertz CT molecular complexity index is 416. The van der Waals surface area contributed by atoms with E-state index in [0.29, 0.717) is 6.67 Å². The quantitative estimate of drug-likeness (QED) is 0.780. The molecule has 0 aromatic heterocycles. The molecule has 0 saturated carbocycles. The van der Waals surface area contributed by atoms with Crippen molar-refractivity contribution in [1.82, 2.24) is 4.90 Å². The van der Waals surface area contributed by atoms with Gasteiger partial charge in [0, 0.05) is 17.3 Å². The maximum atomic E-state index is 5.98. The average molecular weight is 239 g/mol. The average Bonchev–Trinajstić information content (AvgIpc) is 2.36. The van der Waals surface area contributed by atoms with Gasteiger partial charge in [-0.15, -0.1) is 0 Å². The Labute approximate surface area is 100 Å². The zero-order valence-corrected chi connectivity index (χ0v) is 9.96. The van der Waals surface area contributed by atoms with E-state index in [1.807, 2.05) is 25.2 Å². The van der Waals surface area contributed by atoms with E-state index >= 15 is 0 Å². The van der Waals surface area contributed by atoms with Gasteiger partial charge in [0.1, 0.15) is 5.84 Å². The Kier molecular flexibility index (Phi) is 3.43. The molecule has 0 unspecified atom stereocenters. The summed E-state index contributed by atoms with van der Waals surface area (Å²) < 4.78 is 0. The van der Waals surface area contributed by atoms with Crippen molar-refractivity contribution >= 4 is 23.1 Å². The predicted molar refractivity (Wildman–Crippen MR) is 67.9 cm³/mol. The highest BCUT2D eigenvalue weighted by Crippen LogP contribution is 2.23. The Morgan fingerprint density at radius 3 is 3.06 bits per heavy atom. The maximum absolute atomic E-state index is 5.98. The van der Waals surface area contributed by atoms with E-state index in [2.05, 4.69) is 15.2 Å². The van der Waals surface area contributed by atoms with Crippen LogP contribution in [-0.4, -0.2) is 31.0 Å². The second kappa shape index (κ2) is 4.82. The number of aliphatic imine (C=N–C) groups is 1. The van der Waals surface area contributed by atoms with Crippen molar-refractivity contribution < 1.29 is 0 Å². The van der Waals surface area contributed by atoms with Crippen LogP contribution in [0.2, 0.25) is 5.02 Å². The summed E-state index contributed by atoms with van der Waals surface area (Å²) in [5, 5.41) is 4.05. The van der Waals surface area contributed by atoms with Crippen LogP contribution in [0.1, 0.15) is 5.56 Å². The number of amidine groups is 1. The first-order valence-electron chi connectivity index (χ1n) is 5.16. The lowest BCUT2D eigenvalue weighted by Crippen LogP contribution is -2.27. The summed E-state index contributed by atoms with van der Waals surface area (Å²) in [7, 11) is 2.05. The highest BCUT2D eigenvalue weighted by Gasteiger charge is 2.14. The Morgan fingerprint density at radius 2 is 2.31 bits per heavy atom. The molecule has 0 bridgehead atoms. The lowest BCUT2D eigenvalue weighted by molar-refractivity contribution is 0.377. The second-order valence-corrected chi connectivity index (χ2v) is 4.32. The van der Waals surface area contributed by atoms with E-state index in [0.717, 1.165) is 29.6 Å². The highest BCUT2D eigenvalue weighted by molar-refractivity contribution is 6.30. The van der Waals surface area contributed by atoms with Crippen molar-refractivity contribution in [2.45, 2.75) is 6.54 Å². The number of hydrogen-bond donors (Lipinski definition) is 2. The molecule has 0 fully saturated rings. The summed E-state index contributed by atoms with van der Waals surface area (Å²) >= 11 is 5.98. The summed E-state index contributed by atoms with van der Waals surface area (Å²) in [4.78, 5) is 6.39. The molecule has 1 aromatic carbocycles. The number of nitrogens with zero attached hydrogens (tertiary/aromatic N) is 2. The third-order valence-electron chi connectivity index (χ3n) is 2.49. The minimum Gasteiger partial charge on any atom is -0.343 e. The van der Waals surface area contributed by atoms with Crippen LogP contribution in [0, 0.1) is 0 Å². The van der Waals surface area contributed by atoms with E-state index < -0.39 is 0 Å². The second-order valence-electron chi connectivity index (χ2n) is 3.89. The summed E-state index contributed by atoms with van der Waals surface area (Å²) in [6.45, 7) is 1.93. The largest absolute Gasteiger partial charge is 0.343 e. The molecular formula is C11H15ClN4. The molecular weight excluding hydrogens is 224 g/mol. The van der Waals surface area contributed by atoms with Crippen molar-refractivity contribution in [3.8, 4) is 0 Å². The topological polar surface area (TPSA) is 53.6 Å². The normalized spacial score (nSPS) is 19.1. The van der Waals surface area contributed by atoms with Crippen molar-refractivity contribution in [3.05, 3.63) is 28.8 Å². The van der Waals surface area contributed by atoms with Gasteiger partial charge in [-0.25, -0.2) is 0 Å². The molecule has 0 aliphatic carbocycles. The summed E-state index contributed by atoms with van der Waals surface area (Å²) in [5.74, 6) is 0.895. The fraction of sp³-hybridized carbons (Fsp3) is 0.364. The number of likely N-dealkylation sites (N-methyl/N-ethyl adjacent to an activating group) is 1. The van der Waals surface area contributed by atoms with Crippen LogP contribution in [0.25, 0.3) is 0 Å². The van der Waals surface area contributed by atoms with E-state index in [1.165, 1.54) is 5.56 Å². The number of benzene rings is 1. The number of halogens is 1. The van der Waals surface area contributed by atoms with Crippen molar-refractivity contribution in [2.24, 2.45) is 10.7 Å². The van der Waals surface area contributed by atoms with Crippen molar-refractivity contribution in [2.75, 3.05) is 25.6 Å². The molecule has 86 valence electrons. The molecule has 4 nitrogen and oxygen atoms in total. The number of rotatable bonds is 1. The molecule has 0 amide bonds. The molecule has 0 saturated heterocycles. The SMILES string of the molecule is CN1C/C(=N/CN)Nc2ccc(Cl)cc2C1. The van der Waals surface area contributed by atoms with E-state index in [9.17, 15) is 0 Å². The van der Waals surface area contributed by atoms with Crippen LogP contribution in [0.15, 0.2) is 23.2 Å². The fourth-order valence-electron chi connectivity index (χ4n) is 1.81. The zero-order chi connectivity index (χ0) is 11.5. The van der Waals surface area contributed by atoms with Gasteiger partial charge in [-0.2, -0.15) is 0 Å². The lowest BCUT2D eigenvalue weighted by atomic mass is 10.2. The summed E-state index contributed by atoms with van der Waals surface area (Å²) in [6.07, 6.45) is 0. The third kappa shape index (κ3) is 2.52. The standard InChI is InChI=1S/C11H15ClN4/c1-16-5-8-4-9(12)2-3-10(8)15-11(6-16)14-7-13/h2-4H,5-7,13H2,1H3,(H,14,15). The number of fused-ring (bicyclic) bond motifs is 1. The van der Waals surface area contributed by atoms with Gasteiger partial charge in [0.15, 0.2) is 0 Å². The molecule has 1 heterocycles. The number of nitrogens with one attached hydrogen (secondary N) is 1. The minimum atomic E-state index is 0.305. The van der Waals surface area contributed by atoms with Gasteiger partial charge >= 0.3 is 0 Å². The minimum absolute atomic E-state index is 0.305. The molecule has 2 rings (SSSR count). The fourth-order valence-corrected chi connectivity index (χ4v) is 2.01. The smallest absolute Gasteiger partial charge is 0.117 e. The Balaban J connectivity index is 2.35. The van der Waals surface area contributed by atoms with Gasteiger partial charge in [0.05, 0.1) is 13.2 Å². The van der Waals surface area contributed by atoms with Crippen LogP contribution >= 0.6 is 11.6 Å². The maximum Gasteiger partial charge on any atom is 0.117 e. The van der Waals surface area contributed by atoms with Crippen LogP contribution in [0.3, 0.4) is 0 Å². The monoisotopic (exact) mass is 238 g/mol. The van der Waals surface area contributed by atoms with Crippen molar-refractivity contribution in [1.29, 1.82) is 0 Å². The van der Waals surface area contributed by atoms with E-state index in [-0.39, 0.29) is 0 Å². The zero-order valence-electron chi connectivity index (χ0n) is 9.20. The molecule has 0 radical (unpaired) electrons. The lowest BCUT2D eigenvalue weighted by Gasteiger charge is -2.12. The van der Waals surface area contributed by atoms with Gasteiger partial charge in [0.25, 0.3) is 0 Å². The van der Waals surface area contributed by atoms with Crippen LogP contribution in [0.4, 0.5) is 5.69 Å². The molecule has 1 aromatic rings. The molecule has 0 spiro atoms. The highest BCUT2D eigenvalue weighted by atomic mass is 35.5. The Hall–Kier alpha value is -1.10. The number of hydrogen-bond acceptors (Lipinski definition) is 3. The molecule has 0 atom stereocenters. The van der Waals surface area contributed by atoms with Crippen LogP contribution in [0.5, 0.6) is 0 Å². The summed E-state index contributed by atoms with van der Waals surface area (Å²) in [6, 6.07) is 5.83. The molecule has 1 aliphatic rings. The first-order valence-corrected chi connectivity index (χ1v) is 5.54. The van der Waals surface area contributed by atoms with Gasteiger partial charge in [-0.3, -0.25) is 9.89 Å². The molecule has 5 heteroatoms. The Morgan fingerprint density at radius 1 is 1.50 bits per heavy atom. The first-order chi connectivity index (χ1) is 7.69. The predicted octanol–water partition coefficient (Wildman–Crippen LogP) is 1.51. The van der Waals surface area contributed by atoms with E-state index in [4.69, 9.17) is 17.3 Å². The van der Waals surface area contributed by atoms with Gasteiger partial charge in [-0.05, 0) is 30.8 Å². The number of nitrogens with two attached hydrogens (primary N) is 1. The third-order valence-corrected chi connectivity index (χ3v) is 2.72. The summed E-state index contributed by atoms with van der Waals surface area (Å²) in [5.41, 5.74) is 7.67. The van der Waals surface area contributed by atoms with Gasteiger partial charge in [0.2, 0.25) is 0 Å². The van der Waals surface area contributed by atoms with Crippen LogP contribution in [-0.2, 0) is 6.54 Å². The van der Waals surface area contributed by atoms with Gasteiger partial charge < -0.3 is 11.1 Å². The van der Waals surface area contributed by atoms with Gasteiger partial charge in [-0.1, -0.05) is 11.6 Å². The molecule has 16 heavy (non-hydrogen) atoms. The first kappa shape index (κ1) is 11.4. The van der Waals surface area contributed by atoms with Crippen LogP contribution < -0.4 is 11.1 Å². The van der Waals surface area contributed by atoms with Crippen molar-refractivity contribution in [3.63, 3.8) is 0 Å². The van der Waals surface area contributed by atoms with E-state index in [1.54, 1.807) is 0 Å².